The van der Waals surface area contributed by atoms with Crippen LogP contribution in [0.5, 0.6) is 5.75 Å². The van der Waals surface area contributed by atoms with Crippen LogP contribution in [-0.2, 0) is 6.42 Å². The Hall–Kier alpha value is -1.84. The van der Waals surface area contributed by atoms with Crippen molar-refractivity contribution in [2.24, 2.45) is 5.92 Å². The normalized spacial score (nSPS) is 27.6. The standard InChI is InChI=1S/C19H21NO2/c1-20-10-9-19(21)17(13-20)12-16-11-15(7-8-18(16)22-19)14-5-3-2-4-6-14/h2-8,11,17,21H,9-10,12-13H2,1H3. The Morgan fingerprint density at radius 2 is 1.95 bits per heavy atom. The number of piperidine rings is 1. The molecule has 22 heavy (non-hydrogen) atoms. The summed E-state index contributed by atoms with van der Waals surface area (Å²) < 4.78 is 5.99. The van der Waals surface area contributed by atoms with Gasteiger partial charge in [-0.15, -0.1) is 0 Å². The third-order valence-electron chi connectivity index (χ3n) is 4.94. The van der Waals surface area contributed by atoms with Gasteiger partial charge in [0.15, 0.2) is 0 Å². The van der Waals surface area contributed by atoms with Crippen molar-refractivity contribution in [3.63, 3.8) is 0 Å². The maximum Gasteiger partial charge on any atom is 0.213 e. The van der Waals surface area contributed by atoms with Crippen LogP contribution in [0.2, 0.25) is 0 Å². The zero-order chi connectivity index (χ0) is 15.2. The third kappa shape index (κ3) is 2.31. The molecular weight excluding hydrogens is 274 g/mol. The Kier molecular flexibility index (Phi) is 3.21. The monoisotopic (exact) mass is 295 g/mol. The van der Waals surface area contributed by atoms with Crippen molar-refractivity contribution in [3.05, 3.63) is 54.1 Å². The number of aliphatic hydroxyl groups is 1. The second kappa shape index (κ2) is 5.11. The van der Waals surface area contributed by atoms with Gasteiger partial charge in [0, 0.05) is 25.4 Å². The predicted molar refractivity (Wildman–Crippen MR) is 86.8 cm³/mol. The van der Waals surface area contributed by atoms with E-state index in [2.05, 4.69) is 48.3 Å². The van der Waals surface area contributed by atoms with E-state index in [1.165, 1.54) is 16.7 Å². The summed E-state index contributed by atoms with van der Waals surface area (Å²) in [5.74, 6) is -0.0129. The Morgan fingerprint density at radius 3 is 2.77 bits per heavy atom. The molecule has 0 saturated carbocycles. The van der Waals surface area contributed by atoms with Gasteiger partial charge in [0.1, 0.15) is 5.75 Å². The van der Waals surface area contributed by atoms with Crippen LogP contribution in [0.25, 0.3) is 11.1 Å². The molecule has 3 nitrogen and oxygen atoms in total. The molecule has 2 aliphatic heterocycles. The van der Waals surface area contributed by atoms with E-state index in [-0.39, 0.29) is 5.92 Å². The SMILES string of the molecule is CN1CCC2(O)Oc3ccc(-c4ccccc4)cc3CC2C1. The number of hydrogen-bond donors (Lipinski definition) is 1. The van der Waals surface area contributed by atoms with Gasteiger partial charge in [0.05, 0.1) is 0 Å². The molecule has 0 amide bonds. The number of likely N-dealkylation sites (tertiary alicyclic amines) is 1. The topological polar surface area (TPSA) is 32.7 Å². The Labute approximate surface area is 131 Å². The van der Waals surface area contributed by atoms with Crippen LogP contribution in [0.3, 0.4) is 0 Å². The van der Waals surface area contributed by atoms with Gasteiger partial charge in [-0.1, -0.05) is 36.4 Å². The summed E-state index contributed by atoms with van der Waals surface area (Å²) in [5, 5.41) is 10.8. The molecule has 0 radical (unpaired) electrons. The van der Waals surface area contributed by atoms with Gasteiger partial charge in [-0.25, -0.2) is 0 Å². The molecule has 114 valence electrons. The number of fused-ring (bicyclic) bond motifs is 2. The van der Waals surface area contributed by atoms with E-state index in [0.717, 1.165) is 25.3 Å². The Bertz CT molecular complexity index is 685. The summed E-state index contributed by atoms with van der Waals surface area (Å²) >= 11 is 0. The molecule has 2 aromatic rings. The lowest BCUT2D eigenvalue weighted by Gasteiger charge is -2.46. The van der Waals surface area contributed by atoms with Crippen LogP contribution in [-0.4, -0.2) is 35.9 Å². The van der Waals surface area contributed by atoms with E-state index < -0.39 is 5.79 Å². The van der Waals surface area contributed by atoms with Gasteiger partial charge in [-0.05, 0) is 42.3 Å². The molecule has 2 aromatic carbocycles. The predicted octanol–water partition coefficient (Wildman–Crippen LogP) is 2.93. The molecule has 1 N–H and O–H groups in total. The minimum Gasteiger partial charge on any atom is -0.462 e. The molecule has 2 heterocycles. The van der Waals surface area contributed by atoms with E-state index in [1.54, 1.807) is 0 Å². The first-order valence-electron chi connectivity index (χ1n) is 7.92. The number of ether oxygens (including phenoxy) is 1. The van der Waals surface area contributed by atoms with Gasteiger partial charge in [-0.2, -0.15) is 0 Å². The third-order valence-corrected chi connectivity index (χ3v) is 4.94. The molecule has 0 bridgehead atoms. The minimum atomic E-state index is -0.992. The maximum absolute atomic E-state index is 10.8. The number of benzene rings is 2. The largest absolute Gasteiger partial charge is 0.462 e. The van der Waals surface area contributed by atoms with Crippen LogP contribution in [0.1, 0.15) is 12.0 Å². The van der Waals surface area contributed by atoms with Gasteiger partial charge >= 0.3 is 0 Å². The van der Waals surface area contributed by atoms with Crippen molar-refractivity contribution in [2.75, 3.05) is 20.1 Å². The van der Waals surface area contributed by atoms with Gasteiger partial charge in [0.2, 0.25) is 5.79 Å². The minimum absolute atomic E-state index is 0.143. The highest BCUT2D eigenvalue weighted by molar-refractivity contribution is 5.65. The molecule has 1 fully saturated rings. The summed E-state index contributed by atoms with van der Waals surface area (Å²) in [6, 6.07) is 16.7. The van der Waals surface area contributed by atoms with Gasteiger partial charge in [-0.3, -0.25) is 0 Å². The lowest BCUT2D eigenvalue weighted by molar-refractivity contribution is -0.211. The number of hydrogen-bond acceptors (Lipinski definition) is 3. The van der Waals surface area contributed by atoms with Crippen molar-refractivity contribution in [2.45, 2.75) is 18.6 Å². The molecule has 2 unspecified atom stereocenters. The van der Waals surface area contributed by atoms with Crippen LogP contribution >= 0.6 is 0 Å². The zero-order valence-electron chi connectivity index (χ0n) is 12.8. The van der Waals surface area contributed by atoms with E-state index in [9.17, 15) is 5.11 Å². The summed E-state index contributed by atoms with van der Waals surface area (Å²) in [6.45, 7) is 1.76. The Morgan fingerprint density at radius 1 is 1.14 bits per heavy atom. The smallest absolute Gasteiger partial charge is 0.213 e. The molecule has 0 aromatic heterocycles. The van der Waals surface area contributed by atoms with E-state index >= 15 is 0 Å². The zero-order valence-corrected chi connectivity index (χ0v) is 12.8. The second-order valence-corrected chi connectivity index (χ2v) is 6.55. The van der Waals surface area contributed by atoms with E-state index in [1.807, 2.05) is 12.1 Å². The van der Waals surface area contributed by atoms with Crippen molar-refractivity contribution in [1.82, 2.24) is 4.90 Å². The summed E-state index contributed by atoms with van der Waals surface area (Å²) in [4.78, 5) is 2.27. The molecule has 0 spiro atoms. The molecule has 0 aliphatic carbocycles. The van der Waals surface area contributed by atoms with Crippen molar-refractivity contribution in [1.29, 1.82) is 0 Å². The fraction of sp³-hybridized carbons (Fsp3) is 0.368. The quantitative estimate of drug-likeness (QED) is 0.878. The highest BCUT2D eigenvalue weighted by Crippen LogP contribution is 2.41. The van der Waals surface area contributed by atoms with Gasteiger partial charge < -0.3 is 14.7 Å². The molecule has 1 saturated heterocycles. The first kappa shape index (κ1) is 13.8. The number of nitrogens with zero attached hydrogens (tertiary/aromatic N) is 1. The summed E-state index contributed by atoms with van der Waals surface area (Å²) in [5.41, 5.74) is 3.62. The van der Waals surface area contributed by atoms with Crippen LogP contribution < -0.4 is 4.74 Å². The highest BCUT2D eigenvalue weighted by Gasteiger charge is 2.46. The van der Waals surface area contributed by atoms with E-state index in [4.69, 9.17) is 4.74 Å². The summed E-state index contributed by atoms with van der Waals surface area (Å²) in [6.07, 6.45) is 1.55. The van der Waals surface area contributed by atoms with Crippen LogP contribution in [0, 0.1) is 5.92 Å². The first-order chi connectivity index (χ1) is 10.6. The van der Waals surface area contributed by atoms with Crippen molar-refractivity contribution in [3.8, 4) is 16.9 Å². The van der Waals surface area contributed by atoms with Crippen LogP contribution in [0.4, 0.5) is 0 Å². The summed E-state index contributed by atoms with van der Waals surface area (Å²) in [7, 11) is 2.11. The van der Waals surface area contributed by atoms with Crippen LogP contribution in [0.15, 0.2) is 48.5 Å². The van der Waals surface area contributed by atoms with Crippen molar-refractivity contribution >= 4 is 0 Å². The molecular formula is C19H21NO2. The fourth-order valence-electron chi connectivity index (χ4n) is 3.63. The van der Waals surface area contributed by atoms with Crippen molar-refractivity contribution < 1.29 is 9.84 Å². The number of rotatable bonds is 1. The Balaban J connectivity index is 1.69. The first-order valence-corrected chi connectivity index (χ1v) is 7.92. The molecule has 4 rings (SSSR count). The second-order valence-electron chi connectivity index (χ2n) is 6.55. The average Bonchev–Trinajstić information content (AvgIpc) is 2.54. The lowest BCUT2D eigenvalue weighted by Crippen LogP contribution is -2.56. The molecule has 2 aliphatic rings. The lowest BCUT2D eigenvalue weighted by atomic mass is 9.82. The molecule has 2 atom stereocenters. The maximum atomic E-state index is 10.8. The fourth-order valence-corrected chi connectivity index (χ4v) is 3.63. The van der Waals surface area contributed by atoms with E-state index in [0.29, 0.717) is 6.42 Å². The molecule has 3 heteroatoms. The van der Waals surface area contributed by atoms with Gasteiger partial charge in [0.25, 0.3) is 0 Å². The average molecular weight is 295 g/mol. The highest BCUT2D eigenvalue weighted by atomic mass is 16.6.